The highest BCUT2D eigenvalue weighted by molar-refractivity contribution is 6.05. The van der Waals surface area contributed by atoms with Crippen molar-refractivity contribution in [3.05, 3.63) is 119 Å². The second-order valence-corrected chi connectivity index (χ2v) is 8.41. The maximum atomic E-state index is 14.1. The molecule has 174 valence electrons. The van der Waals surface area contributed by atoms with E-state index in [9.17, 15) is 9.18 Å². The summed E-state index contributed by atoms with van der Waals surface area (Å²) in [5, 5.41) is 7.28. The van der Waals surface area contributed by atoms with Gasteiger partial charge in [0.1, 0.15) is 11.6 Å². The van der Waals surface area contributed by atoms with Crippen molar-refractivity contribution in [2.45, 2.75) is 19.9 Å². The number of benzene rings is 2. The lowest BCUT2D eigenvalue weighted by molar-refractivity contribution is 0.102. The highest BCUT2D eigenvalue weighted by atomic mass is 19.1. The predicted octanol–water partition coefficient (Wildman–Crippen LogP) is 6.17. The summed E-state index contributed by atoms with van der Waals surface area (Å²) >= 11 is 0. The molecule has 5 aromatic rings. The molecule has 0 radical (unpaired) electrons. The molecule has 0 unspecified atom stereocenters. The van der Waals surface area contributed by atoms with Gasteiger partial charge in [0, 0.05) is 40.2 Å². The molecule has 2 aromatic carbocycles. The molecule has 0 aliphatic heterocycles. The van der Waals surface area contributed by atoms with Crippen molar-refractivity contribution >= 4 is 28.3 Å². The molecule has 0 aliphatic carbocycles. The van der Waals surface area contributed by atoms with Crippen LogP contribution < -0.4 is 10.6 Å². The number of amides is 1. The Morgan fingerprint density at radius 1 is 0.943 bits per heavy atom. The van der Waals surface area contributed by atoms with Crippen molar-refractivity contribution in [3.63, 3.8) is 0 Å². The summed E-state index contributed by atoms with van der Waals surface area (Å²) in [7, 11) is 0. The van der Waals surface area contributed by atoms with Crippen molar-refractivity contribution in [3.8, 4) is 0 Å². The van der Waals surface area contributed by atoms with Crippen LogP contribution in [0.2, 0.25) is 0 Å². The fourth-order valence-electron chi connectivity index (χ4n) is 4.24. The van der Waals surface area contributed by atoms with E-state index < -0.39 is 11.7 Å². The number of carbonyl (C=O) groups excluding carboxylic acids is 1. The zero-order valence-corrected chi connectivity index (χ0v) is 19.3. The van der Waals surface area contributed by atoms with Gasteiger partial charge in [-0.2, -0.15) is 0 Å². The lowest BCUT2D eigenvalue weighted by Gasteiger charge is -2.20. The van der Waals surface area contributed by atoms with E-state index in [1.807, 2.05) is 56.3 Å². The molecule has 0 saturated heterocycles. The van der Waals surface area contributed by atoms with Crippen LogP contribution in [0.3, 0.4) is 0 Å². The number of aromatic amines is 1. The third-order valence-electron chi connectivity index (χ3n) is 5.89. The van der Waals surface area contributed by atoms with E-state index in [0.29, 0.717) is 5.69 Å². The van der Waals surface area contributed by atoms with E-state index in [-0.39, 0.29) is 11.6 Å². The van der Waals surface area contributed by atoms with Crippen LogP contribution in [-0.4, -0.2) is 20.9 Å². The fraction of sp³-hybridized carbons (Fsp3) is 0.107. The number of rotatable bonds is 6. The summed E-state index contributed by atoms with van der Waals surface area (Å²) in [4.78, 5) is 25.2. The van der Waals surface area contributed by atoms with Crippen LogP contribution in [0.15, 0.2) is 85.2 Å². The maximum Gasteiger partial charge on any atom is 0.258 e. The molecular weight excluding hydrogens is 441 g/mol. The van der Waals surface area contributed by atoms with Gasteiger partial charge in [0.05, 0.1) is 17.3 Å². The number of hydrogen-bond donors (Lipinski definition) is 3. The SMILES string of the molecule is Cc1ccnc(N[C@@H](c2ccccn2)c2c(C)[nH]c3ccc(NC(=O)c4ccccc4F)cc23)c1. The molecule has 6 nitrogen and oxygen atoms in total. The smallest absolute Gasteiger partial charge is 0.258 e. The molecule has 0 spiro atoms. The lowest BCUT2D eigenvalue weighted by atomic mass is 9.99. The number of hydrogen-bond acceptors (Lipinski definition) is 4. The molecule has 35 heavy (non-hydrogen) atoms. The van der Waals surface area contributed by atoms with Gasteiger partial charge in [-0.15, -0.1) is 0 Å². The second-order valence-electron chi connectivity index (χ2n) is 8.41. The lowest BCUT2D eigenvalue weighted by Crippen LogP contribution is -2.16. The van der Waals surface area contributed by atoms with Gasteiger partial charge in [-0.1, -0.05) is 18.2 Å². The minimum atomic E-state index is -0.561. The summed E-state index contributed by atoms with van der Waals surface area (Å²) < 4.78 is 14.1. The Kier molecular flexibility index (Phi) is 5.97. The second kappa shape index (κ2) is 9.38. The summed E-state index contributed by atoms with van der Waals surface area (Å²) in [5.41, 5.74) is 5.37. The number of aromatic nitrogens is 3. The van der Waals surface area contributed by atoms with E-state index in [0.717, 1.165) is 39.2 Å². The normalized spacial score (nSPS) is 11.9. The van der Waals surface area contributed by atoms with Gasteiger partial charge in [-0.05, 0) is 74.0 Å². The minimum Gasteiger partial charge on any atom is -0.358 e. The van der Waals surface area contributed by atoms with Crippen LogP contribution in [0, 0.1) is 19.7 Å². The van der Waals surface area contributed by atoms with Gasteiger partial charge in [0.2, 0.25) is 0 Å². The zero-order chi connectivity index (χ0) is 24.4. The number of aryl methyl sites for hydroxylation is 2. The third-order valence-corrected chi connectivity index (χ3v) is 5.89. The molecular formula is C28H24FN5O. The molecule has 0 saturated carbocycles. The average molecular weight is 466 g/mol. The average Bonchev–Trinajstić information content (AvgIpc) is 3.18. The number of anilines is 2. The van der Waals surface area contributed by atoms with E-state index in [2.05, 4.69) is 25.6 Å². The Hall–Kier alpha value is -4.52. The topological polar surface area (TPSA) is 82.7 Å². The quantitative estimate of drug-likeness (QED) is 0.280. The number of carbonyl (C=O) groups is 1. The molecule has 0 fully saturated rings. The number of nitrogens with zero attached hydrogens (tertiary/aromatic N) is 2. The Morgan fingerprint density at radius 2 is 1.77 bits per heavy atom. The van der Waals surface area contributed by atoms with Crippen LogP contribution in [-0.2, 0) is 0 Å². The van der Waals surface area contributed by atoms with Crippen molar-refractivity contribution in [1.82, 2.24) is 15.0 Å². The van der Waals surface area contributed by atoms with Gasteiger partial charge < -0.3 is 15.6 Å². The summed E-state index contributed by atoms with van der Waals surface area (Å²) in [6, 6.07) is 21.0. The van der Waals surface area contributed by atoms with E-state index in [1.54, 1.807) is 30.6 Å². The highest BCUT2D eigenvalue weighted by Crippen LogP contribution is 2.35. The number of pyridine rings is 2. The first-order chi connectivity index (χ1) is 17.0. The van der Waals surface area contributed by atoms with Crippen LogP contribution in [0.4, 0.5) is 15.9 Å². The molecule has 5 rings (SSSR count). The minimum absolute atomic E-state index is 0.00313. The van der Waals surface area contributed by atoms with E-state index in [1.165, 1.54) is 12.1 Å². The third kappa shape index (κ3) is 4.61. The highest BCUT2D eigenvalue weighted by Gasteiger charge is 2.23. The Bertz CT molecular complexity index is 1510. The molecule has 7 heteroatoms. The van der Waals surface area contributed by atoms with Crippen molar-refractivity contribution < 1.29 is 9.18 Å². The first-order valence-electron chi connectivity index (χ1n) is 11.3. The Morgan fingerprint density at radius 3 is 2.54 bits per heavy atom. The summed E-state index contributed by atoms with van der Waals surface area (Å²) in [6.45, 7) is 4.03. The van der Waals surface area contributed by atoms with Gasteiger partial charge in [-0.25, -0.2) is 9.37 Å². The van der Waals surface area contributed by atoms with Crippen molar-refractivity contribution in [1.29, 1.82) is 0 Å². The maximum absolute atomic E-state index is 14.1. The molecule has 1 amide bonds. The van der Waals surface area contributed by atoms with Crippen molar-refractivity contribution in [2.24, 2.45) is 0 Å². The van der Waals surface area contributed by atoms with Gasteiger partial charge >= 0.3 is 0 Å². The number of fused-ring (bicyclic) bond motifs is 1. The molecule has 0 aliphatic rings. The molecule has 1 atom stereocenters. The van der Waals surface area contributed by atoms with Gasteiger partial charge in [-0.3, -0.25) is 9.78 Å². The van der Waals surface area contributed by atoms with Crippen molar-refractivity contribution in [2.75, 3.05) is 10.6 Å². The van der Waals surface area contributed by atoms with Gasteiger partial charge in [0.25, 0.3) is 5.91 Å². The molecule has 0 bridgehead atoms. The molecule has 3 heterocycles. The largest absolute Gasteiger partial charge is 0.358 e. The Labute approximate surface area is 202 Å². The van der Waals surface area contributed by atoms with Crippen LogP contribution in [0.5, 0.6) is 0 Å². The van der Waals surface area contributed by atoms with E-state index >= 15 is 0 Å². The first kappa shape index (κ1) is 22.3. The van der Waals surface area contributed by atoms with E-state index in [4.69, 9.17) is 0 Å². The summed E-state index contributed by atoms with van der Waals surface area (Å²) in [6.07, 6.45) is 3.53. The Balaban J connectivity index is 1.57. The first-order valence-corrected chi connectivity index (χ1v) is 11.3. The number of halogens is 1. The standard InChI is InChI=1S/C28H24FN5O/c1-17-12-14-31-25(15-17)34-27(24-9-5-6-13-30-24)26-18(2)32-23-11-10-19(16-21(23)26)33-28(35)20-7-3-4-8-22(20)29/h3-16,27,32H,1-2H3,(H,31,34)(H,33,35)/t27-/m0/s1. The fourth-order valence-corrected chi connectivity index (χ4v) is 4.24. The zero-order valence-electron chi connectivity index (χ0n) is 19.3. The monoisotopic (exact) mass is 465 g/mol. The van der Waals surface area contributed by atoms with Gasteiger partial charge in [0.15, 0.2) is 0 Å². The van der Waals surface area contributed by atoms with Crippen LogP contribution in [0.25, 0.3) is 10.9 Å². The van der Waals surface area contributed by atoms with Crippen LogP contribution in [0.1, 0.15) is 38.9 Å². The predicted molar refractivity (Wildman–Crippen MR) is 136 cm³/mol. The number of nitrogens with one attached hydrogen (secondary N) is 3. The number of H-pyrrole nitrogens is 1. The summed E-state index contributed by atoms with van der Waals surface area (Å²) in [5.74, 6) is -0.327. The molecule has 3 aromatic heterocycles. The van der Waals surface area contributed by atoms with Crippen LogP contribution >= 0.6 is 0 Å². The molecule has 3 N–H and O–H groups in total.